The Morgan fingerprint density at radius 2 is 2.06 bits per heavy atom. The highest BCUT2D eigenvalue weighted by atomic mass is 79.9. The third-order valence-electron chi connectivity index (χ3n) is 2.25. The summed E-state index contributed by atoms with van der Waals surface area (Å²) < 4.78 is 10.1. The zero-order valence-electron chi connectivity index (χ0n) is 10.2. The molecule has 0 saturated carbocycles. The third kappa shape index (κ3) is 5.16. The molecule has 0 aromatic heterocycles. The van der Waals surface area contributed by atoms with Crippen molar-refractivity contribution < 1.29 is 19.4 Å². The molecule has 0 saturated heterocycles. The van der Waals surface area contributed by atoms with E-state index in [9.17, 15) is 9.90 Å². The number of aliphatic hydroxyl groups excluding tert-OH is 1. The molecule has 0 fully saturated rings. The Labute approximate surface area is 115 Å². The third-order valence-corrected chi connectivity index (χ3v) is 3.23. The van der Waals surface area contributed by atoms with Crippen LogP contribution in [0.15, 0.2) is 30.3 Å². The quantitative estimate of drug-likeness (QED) is 0.616. The molecule has 0 heterocycles. The van der Waals surface area contributed by atoms with Crippen molar-refractivity contribution in [3.8, 4) is 0 Å². The topological polar surface area (TPSA) is 55.8 Å². The van der Waals surface area contributed by atoms with E-state index in [-0.39, 0.29) is 6.61 Å². The fraction of sp³-hybridized carbons (Fsp3) is 0.462. The zero-order chi connectivity index (χ0) is 13.4. The van der Waals surface area contributed by atoms with Gasteiger partial charge in [0.2, 0.25) is 0 Å². The summed E-state index contributed by atoms with van der Waals surface area (Å²) in [6.07, 6.45) is -0.923. The Bertz CT molecular complexity index is 355. The predicted molar refractivity (Wildman–Crippen MR) is 71.5 cm³/mol. The Morgan fingerprint density at radius 3 is 2.67 bits per heavy atom. The number of halogens is 1. The largest absolute Gasteiger partial charge is 0.465 e. The van der Waals surface area contributed by atoms with E-state index in [0.717, 1.165) is 5.56 Å². The van der Waals surface area contributed by atoms with E-state index in [1.54, 1.807) is 6.92 Å². The number of hydrogen-bond donors (Lipinski definition) is 1. The molecule has 0 aliphatic carbocycles. The van der Waals surface area contributed by atoms with Crippen molar-refractivity contribution in [1.82, 2.24) is 0 Å². The first-order chi connectivity index (χ1) is 8.65. The number of aliphatic hydroxyl groups is 1. The van der Waals surface area contributed by atoms with Gasteiger partial charge in [-0.25, -0.2) is 0 Å². The lowest BCUT2D eigenvalue weighted by Crippen LogP contribution is -2.33. The van der Waals surface area contributed by atoms with Gasteiger partial charge in [-0.3, -0.25) is 4.79 Å². The van der Waals surface area contributed by atoms with Gasteiger partial charge in [0.15, 0.2) is 0 Å². The second kappa shape index (κ2) is 8.24. The van der Waals surface area contributed by atoms with E-state index >= 15 is 0 Å². The van der Waals surface area contributed by atoms with Crippen LogP contribution in [0.3, 0.4) is 0 Å². The lowest BCUT2D eigenvalue weighted by Gasteiger charge is -2.16. The highest BCUT2D eigenvalue weighted by Gasteiger charge is 2.25. The van der Waals surface area contributed by atoms with Crippen LogP contribution in [0, 0.1) is 0 Å². The molecule has 0 bridgehead atoms. The number of carbonyl (C=O) groups excluding carboxylic acids is 1. The monoisotopic (exact) mass is 316 g/mol. The Kier molecular flexibility index (Phi) is 6.93. The van der Waals surface area contributed by atoms with Crippen LogP contribution < -0.4 is 0 Å². The van der Waals surface area contributed by atoms with Gasteiger partial charge in [0.1, 0.15) is 10.9 Å². The van der Waals surface area contributed by atoms with E-state index in [1.807, 2.05) is 30.3 Å². The first kappa shape index (κ1) is 15.1. The van der Waals surface area contributed by atoms with E-state index in [0.29, 0.717) is 13.2 Å². The van der Waals surface area contributed by atoms with Gasteiger partial charge in [-0.1, -0.05) is 46.3 Å². The van der Waals surface area contributed by atoms with Crippen LogP contribution in [0.5, 0.6) is 0 Å². The fourth-order valence-electron chi connectivity index (χ4n) is 1.34. The Morgan fingerprint density at radius 1 is 1.39 bits per heavy atom. The minimum atomic E-state index is -0.923. The maximum atomic E-state index is 11.3. The second-order valence-electron chi connectivity index (χ2n) is 3.72. The Hall–Kier alpha value is -0.910. The molecular weight excluding hydrogens is 300 g/mol. The summed E-state index contributed by atoms with van der Waals surface area (Å²) in [5.74, 6) is -0.478. The molecule has 1 aromatic carbocycles. The molecule has 0 aliphatic heterocycles. The summed E-state index contributed by atoms with van der Waals surface area (Å²) in [5, 5.41) is 9.72. The summed E-state index contributed by atoms with van der Waals surface area (Å²) in [6.45, 7) is 2.48. The molecule has 2 atom stereocenters. The van der Waals surface area contributed by atoms with Gasteiger partial charge in [0.05, 0.1) is 19.8 Å². The molecule has 18 heavy (non-hydrogen) atoms. The first-order valence-corrected chi connectivity index (χ1v) is 6.67. The number of carbonyl (C=O) groups is 1. The van der Waals surface area contributed by atoms with Crippen LogP contribution in [0.2, 0.25) is 0 Å². The van der Waals surface area contributed by atoms with Gasteiger partial charge in [0.25, 0.3) is 0 Å². The number of alkyl halides is 1. The average molecular weight is 317 g/mol. The predicted octanol–water partition coefficient (Wildman–Crippen LogP) is 1.89. The minimum Gasteiger partial charge on any atom is -0.465 e. The molecule has 0 unspecified atom stereocenters. The van der Waals surface area contributed by atoms with Crippen molar-refractivity contribution in [3.63, 3.8) is 0 Å². The molecule has 5 heteroatoms. The zero-order valence-corrected chi connectivity index (χ0v) is 11.8. The molecule has 4 nitrogen and oxygen atoms in total. The van der Waals surface area contributed by atoms with Gasteiger partial charge >= 0.3 is 5.97 Å². The molecule has 1 rings (SSSR count). The van der Waals surface area contributed by atoms with E-state index in [4.69, 9.17) is 9.47 Å². The molecule has 100 valence electrons. The number of esters is 1. The van der Waals surface area contributed by atoms with Gasteiger partial charge in [-0.05, 0) is 12.5 Å². The van der Waals surface area contributed by atoms with Crippen LogP contribution in [-0.2, 0) is 20.9 Å². The highest BCUT2D eigenvalue weighted by Crippen LogP contribution is 2.10. The smallest absolute Gasteiger partial charge is 0.322 e. The molecular formula is C13H17BrO4. The van der Waals surface area contributed by atoms with Crippen molar-refractivity contribution in [1.29, 1.82) is 0 Å². The van der Waals surface area contributed by atoms with Gasteiger partial charge in [0, 0.05) is 0 Å². The standard InChI is InChI=1S/C13H17BrO4/c1-2-18-13(16)12(14)11(15)9-17-8-10-6-4-3-5-7-10/h3-7,11-12,15H,2,8-9H2,1H3/t11-,12-/m0/s1. The van der Waals surface area contributed by atoms with Crippen LogP contribution in [0.25, 0.3) is 0 Å². The molecule has 0 spiro atoms. The maximum absolute atomic E-state index is 11.3. The Balaban J connectivity index is 2.28. The molecule has 0 amide bonds. The minimum absolute atomic E-state index is 0.0730. The summed E-state index contributed by atoms with van der Waals surface area (Å²) in [5.41, 5.74) is 1.02. The van der Waals surface area contributed by atoms with Crippen molar-refractivity contribution in [2.75, 3.05) is 13.2 Å². The van der Waals surface area contributed by atoms with Gasteiger partial charge in [-0.2, -0.15) is 0 Å². The fourth-order valence-corrected chi connectivity index (χ4v) is 1.62. The van der Waals surface area contributed by atoms with E-state index in [1.165, 1.54) is 0 Å². The molecule has 0 radical (unpaired) electrons. The average Bonchev–Trinajstić information content (AvgIpc) is 2.39. The van der Waals surface area contributed by atoms with Crippen LogP contribution in [0.1, 0.15) is 12.5 Å². The summed E-state index contributed by atoms with van der Waals surface area (Å²) in [4.78, 5) is 10.6. The van der Waals surface area contributed by atoms with Crippen molar-refractivity contribution in [2.45, 2.75) is 24.5 Å². The van der Waals surface area contributed by atoms with Crippen molar-refractivity contribution in [3.05, 3.63) is 35.9 Å². The normalized spacial score (nSPS) is 13.9. The van der Waals surface area contributed by atoms with Crippen molar-refractivity contribution >= 4 is 21.9 Å². The second-order valence-corrected chi connectivity index (χ2v) is 4.71. The molecule has 0 aliphatic rings. The van der Waals surface area contributed by atoms with Gasteiger partial charge in [-0.15, -0.1) is 0 Å². The first-order valence-electron chi connectivity index (χ1n) is 5.75. The van der Waals surface area contributed by atoms with Crippen LogP contribution in [-0.4, -0.2) is 35.2 Å². The number of hydrogen-bond acceptors (Lipinski definition) is 4. The number of benzene rings is 1. The summed E-state index contributed by atoms with van der Waals surface area (Å²) >= 11 is 3.09. The van der Waals surface area contributed by atoms with E-state index in [2.05, 4.69) is 15.9 Å². The summed E-state index contributed by atoms with van der Waals surface area (Å²) in [7, 11) is 0. The molecule has 1 N–H and O–H groups in total. The van der Waals surface area contributed by atoms with E-state index < -0.39 is 16.9 Å². The van der Waals surface area contributed by atoms with Crippen molar-refractivity contribution in [2.24, 2.45) is 0 Å². The highest BCUT2D eigenvalue weighted by molar-refractivity contribution is 9.10. The lowest BCUT2D eigenvalue weighted by atomic mass is 10.2. The van der Waals surface area contributed by atoms with Crippen LogP contribution >= 0.6 is 15.9 Å². The SMILES string of the molecule is CCOC(=O)[C@@H](Br)[C@@H](O)COCc1ccccc1. The number of rotatable bonds is 7. The number of ether oxygens (including phenoxy) is 2. The summed E-state index contributed by atoms with van der Waals surface area (Å²) in [6, 6.07) is 9.63. The maximum Gasteiger partial charge on any atom is 0.322 e. The lowest BCUT2D eigenvalue weighted by molar-refractivity contribution is -0.145. The van der Waals surface area contributed by atoms with Gasteiger partial charge < -0.3 is 14.6 Å². The molecule has 1 aromatic rings. The van der Waals surface area contributed by atoms with Crippen LogP contribution in [0.4, 0.5) is 0 Å².